The Morgan fingerprint density at radius 3 is 2.42 bits per heavy atom. The number of hydrogen-bond acceptors (Lipinski definition) is 1. The molecule has 0 radical (unpaired) electrons. The van der Waals surface area contributed by atoms with Crippen LogP contribution in [0.4, 0.5) is 4.39 Å². The van der Waals surface area contributed by atoms with Gasteiger partial charge in [-0.25, -0.2) is 4.39 Å². The lowest BCUT2D eigenvalue weighted by atomic mass is 9.86. The fraction of sp³-hybridized carbons (Fsp3) is 0.800. The Balaban J connectivity index is 4.25. The molecule has 0 spiro atoms. The van der Waals surface area contributed by atoms with Crippen molar-refractivity contribution in [2.75, 3.05) is 7.11 Å². The van der Waals surface area contributed by atoms with Crippen LogP contribution in [-0.4, -0.2) is 18.9 Å². The zero-order valence-electron chi connectivity index (χ0n) is 8.43. The summed E-state index contributed by atoms with van der Waals surface area (Å²) in [7, 11) is 1.53. The first-order valence-electron chi connectivity index (χ1n) is 4.29. The van der Waals surface area contributed by atoms with Gasteiger partial charge in [0.25, 0.3) is 0 Å². The number of allylic oxidation sites excluding steroid dienone is 1. The van der Waals surface area contributed by atoms with Gasteiger partial charge in [0.05, 0.1) is 6.10 Å². The summed E-state index contributed by atoms with van der Waals surface area (Å²) in [6.07, 6.45) is 2.05. The van der Waals surface area contributed by atoms with Gasteiger partial charge in [0.2, 0.25) is 0 Å². The zero-order chi connectivity index (χ0) is 9.78. The Kier molecular flexibility index (Phi) is 4.46. The van der Waals surface area contributed by atoms with Gasteiger partial charge in [0.15, 0.2) is 0 Å². The smallest absolute Gasteiger partial charge is 0.136 e. The standard InChI is InChI=1S/C10H19FO/c1-6-7-8(2)10(4,11)9(3)12-5/h6,8-9H,1,7H2,2-5H3/t8-,9?,10?/m1/s1. The van der Waals surface area contributed by atoms with Gasteiger partial charge in [-0.3, -0.25) is 0 Å². The average Bonchev–Trinajstić information content (AvgIpc) is 2.03. The molecule has 0 bridgehead atoms. The van der Waals surface area contributed by atoms with Crippen molar-refractivity contribution in [1.82, 2.24) is 0 Å². The lowest BCUT2D eigenvalue weighted by Crippen LogP contribution is -2.40. The third-order valence-electron chi connectivity index (χ3n) is 2.63. The van der Waals surface area contributed by atoms with Crippen molar-refractivity contribution >= 4 is 0 Å². The number of hydrogen-bond donors (Lipinski definition) is 0. The lowest BCUT2D eigenvalue weighted by molar-refractivity contribution is -0.0461. The molecule has 0 saturated carbocycles. The maximum absolute atomic E-state index is 13.9. The molecule has 72 valence electrons. The largest absolute Gasteiger partial charge is 0.378 e. The summed E-state index contributed by atoms with van der Waals surface area (Å²) in [6.45, 7) is 8.79. The summed E-state index contributed by atoms with van der Waals surface area (Å²) >= 11 is 0. The Morgan fingerprint density at radius 2 is 2.08 bits per heavy atom. The van der Waals surface area contributed by atoms with Gasteiger partial charge in [-0.1, -0.05) is 13.0 Å². The minimum atomic E-state index is -1.27. The predicted octanol–water partition coefficient (Wildman–Crippen LogP) is 2.96. The lowest BCUT2D eigenvalue weighted by Gasteiger charge is -2.31. The number of halogens is 1. The van der Waals surface area contributed by atoms with E-state index in [1.165, 1.54) is 7.11 Å². The highest BCUT2D eigenvalue weighted by Gasteiger charge is 2.36. The van der Waals surface area contributed by atoms with Crippen LogP contribution in [0.25, 0.3) is 0 Å². The van der Waals surface area contributed by atoms with Gasteiger partial charge >= 0.3 is 0 Å². The highest BCUT2D eigenvalue weighted by atomic mass is 19.1. The van der Waals surface area contributed by atoms with Crippen molar-refractivity contribution in [3.63, 3.8) is 0 Å². The average molecular weight is 174 g/mol. The first kappa shape index (κ1) is 11.6. The van der Waals surface area contributed by atoms with E-state index in [1.54, 1.807) is 19.9 Å². The van der Waals surface area contributed by atoms with Gasteiger partial charge in [-0.15, -0.1) is 6.58 Å². The summed E-state index contributed by atoms with van der Waals surface area (Å²) in [6, 6.07) is 0. The van der Waals surface area contributed by atoms with Crippen molar-refractivity contribution in [3.05, 3.63) is 12.7 Å². The molecule has 0 fully saturated rings. The second kappa shape index (κ2) is 4.61. The first-order chi connectivity index (χ1) is 5.46. The number of methoxy groups -OCH3 is 1. The van der Waals surface area contributed by atoms with E-state index >= 15 is 0 Å². The Hall–Kier alpha value is -0.370. The monoisotopic (exact) mass is 174 g/mol. The normalized spacial score (nSPS) is 21.1. The van der Waals surface area contributed by atoms with Gasteiger partial charge in [0, 0.05) is 7.11 Å². The van der Waals surface area contributed by atoms with Gasteiger partial charge in [0.1, 0.15) is 5.67 Å². The van der Waals surface area contributed by atoms with Crippen LogP contribution in [0.2, 0.25) is 0 Å². The van der Waals surface area contributed by atoms with E-state index in [1.807, 2.05) is 6.92 Å². The molecule has 0 aromatic rings. The molecular weight excluding hydrogens is 155 g/mol. The van der Waals surface area contributed by atoms with E-state index < -0.39 is 5.67 Å². The summed E-state index contributed by atoms with van der Waals surface area (Å²) in [5, 5.41) is 0. The number of alkyl halides is 1. The second-order valence-corrected chi connectivity index (χ2v) is 3.45. The summed E-state index contributed by atoms with van der Waals surface area (Å²) in [5.74, 6) is -0.0510. The van der Waals surface area contributed by atoms with Crippen molar-refractivity contribution in [2.24, 2.45) is 5.92 Å². The second-order valence-electron chi connectivity index (χ2n) is 3.45. The van der Waals surface area contributed by atoms with E-state index in [2.05, 4.69) is 6.58 Å². The van der Waals surface area contributed by atoms with Crippen LogP contribution in [0.5, 0.6) is 0 Å². The molecule has 3 atom stereocenters. The molecule has 0 amide bonds. The molecule has 0 N–H and O–H groups in total. The molecular formula is C10H19FO. The van der Waals surface area contributed by atoms with Crippen LogP contribution in [0.1, 0.15) is 27.2 Å². The molecule has 0 aliphatic carbocycles. The summed E-state index contributed by atoms with van der Waals surface area (Å²) in [4.78, 5) is 0. The van der Waals surface area contributed by atoms with Crippen LogP contribution < -0.4 is 0 Å². The third-order valence-corrected chi connectivity index (χ3v) is 2.63. The first-order valence-corrected chi connectivity index (χ1v) is 4.29. The van der Waals surface area contributed by atoms with E-state index in [4.69, 9.17) is 4.74 Å². The maximum atomic E-state index is 13.9. The topological polar surface area (TPSA) is 9.23 Å². The van der Waals surface area contributed by atoms with Gasteiger partial charge in [-0.05, 0) is 26.2 Å². The molecule has 0 heterocycles. The molecule has 0 rings (SSSR count). The minimum absolute atomic E-state index is 0.0510. The molecule has 0 aliphatic rings. The number of ether oxygens (including phenoxy) is 1. The van der Waals surface area contributed by atoms with Crippen LogP contribution in [-0.2, 0) is 4.74 Å². The van der Waals surface area contributed by atoms with Crippen LogP contribution >= 0.6 is 0 Å². The zero-order valence-corrected chi connectivity index (χ0v) is 8.43. The van der Waals surface area contributed by atoms with Crippen molar-refractivity contribution in [3.8, 4) is 0 Å². The van der Waals surface area contributed by atoms with E-state index in [0.29, 0.717) is 6.42 Å². The highest BCUT2D eigenvalue weighted by Crippen LogP contribution is 2.29. The van der Waals surface area contributed by atoms with Crippen LogP contribution in [0.15, 0.2) is 12.7 Å². The SMILES string of the molecule is C=CC[C@@H](C)C(C)(F)C(C)OC. The van der Waals surface area contributed by atoms with Crippen molar-refractivity contribution in [1.29, 1.82) is 0 Å². The molecule has 1 nitrogen and oxygen atoms in total. The van der Waals surface area contributed by atoms with E-state index in [0.717, 1.165) is 0 Å². The molecule has 0 aliphatic heterocycles. The van der Waals surface area contributed by atoms with Crippen molar-refractivity contribution < 1.29 is 9.13 Å². The predicted molar refractivity (Wildman–Crippen MR) is 50.0 cm³/mol. The van der Waals surface area contributed by atoms with Gasteiger partial charge in [-0.2, -0.15) is 0 Å². The Labute approximate surface area is 74.6 Å². The van der Waals surface area contributed by atoms with Gasteiger partial charge < -0.3 is 4.74 Å². The minimum Gasteiger partial charge on any atom is -0.378 e. The molecule has 0 aromatic carbocycles. The van der Waals surface area contributed by atoms with E-state index in [9.17, 15) is 4.39 Å². The highest BCUT2D eigenvalue weighted by molar-refractivity contribution is 4.89. The van der Waals surface area contributed by atoms with Crippen LogP contribution in [0, 0.1) is 5.92 Å². The summed E-state index contributed by atoms with van der Waals surface area (Å²) in [5.41, 5.74) is -1.27. The summed E-state index contributed by atoms with van der Waals surface area (Å²) < 4.78 is 18.9. The quantitative estimate of drug-likeness (QED) is 0.582. The van der Waals surface area contributed by atoms with Crippen LogP contribution in [0.3, 0.4) is 0 Å². The van der Waals surface area contributed by atoms with Crippen molar-refractivity contribution in [2.45, 2.75) is 39.0 Å². The Morgan fingerprint density at radius 1 is 1.58 bits per heavy atom. The fourth-order valence-corrected chi connectivity index (χ4v) is 1.11. The molecule has 0 aromatic heterocycles. The number of rotatable bonds is 5. The third kappa shape index (κ3) is 2.59. The van der Waals surface area contributed by atoms with E-state index in [-0.39, 0.29) is 12.0 Å². The molecule has 12 heavy (non-hydrogen) atoms. The maximum Gasteiger partial charge on any atom is 0.136 e. The molecule has 0 saturated heterocycles. The molecule has 2 unspecified atom stereocenters. The Bertz CT molecular complexity index is 143. The molecule has 2 heteroatoms. The fourth-order valence-electron chi connectivity index (χ4n) is 1.11.